The van der Waals surface area contributed by atoms with Gasteiger partial charge in [0.25, 0.3) is 0 Å². The van der Waals surface area contributed by atoms with Crippen LogP contribution in [0.5, 0.6) is 5.75 Å². The van der Waals surface area contributed by atoms with Crippen molar-refractivity contribution < 1.29 is 29.5 Å². The summed E-state index contributed by atoms with van der Waals surface area (Å²) in [6.45, 7) is 0.0709. The lowest BCUT2D eigenvalue weighted by Gasteiger charge is -2.04. The van der Waals surface area contributed by atoms with Crippen LogP contribution in [0.1, 0.15) is 12.0 Å². The van der Waals surface area contributed by atoms with Crippen molar-refractivity contribution in [2.45, 2.75) is 13.0 Å². The topological polar surface area (TPSA) is 145 Å². The molecule has 2 N–H and O–H groups in total. The van der Waals surface area contributed by atoms with E-state index in [9.17, 15) is 19.7 Å². The number of aromatic nitrogens is 2. The lowest BCUT2D eigenvalue weighted by Crippen LogP contribution is -2.04. The molecule has 0 aliphatic rings. The maximum absolute atomic E-state index is 11.2. The van der Waals surface area contributed by atoms with Gasteiger partial charge >= 0.3 is 17.6 Å². The third-order valence-electron chi connectivity index (χ3n) is 3.40. The molecule has 0 saturated carbocycles. The number of nitro benzene ring substituents is 1. The van der Waals surface area contributed by atoms with E-state index in [1.807, 2.05) is 0 Å². The van der Waals surface area contributed by atoms with Gasteiger partial charge in [-0.3, -0.25) is 19.6 Å². The van der Waals surface area contributed by atoms with E-state index in [4.69, 9.17) is 14.9 Å². The van der Waals surface area contributed by atoms with Crippen LogP contribution in [0.25, 0.3) is 17.3 Å². The highest BCUT2D eigenvalue weighted by atomic mass is 16.6. The van der Waals surface area contributed by atoms with Crippen LogP contribution < -0.4 is 4.74 Å². The predicted octanol–water partition coefficient (Wildman–Crippen LogP) is 2.04. The molecular formula is C16H15N3O7. The minimum Gasteiger partial charge on any atom is -0.490 e. The zero-order valence-corrected chi connectivity index (χ0v) is 13.7. The van der Waals surface area contributed by atoms with E-state index in [-0.39, 0.29) is 24.4 Å². The molecule has 0 aliphatic carbocycles. The Balaban J connectivity index is 2.52. The molecule has 1 aromatic carbocycles. The third kappa shape index (κ3) is 4.44. The Hall–Kier alpha value is -3.69. The van der Waals surface area contributed by atoms with Crippen molar-refractivity contribution >= 4 is 23.7 Å². The summed E-state index contributed by atoms with van der Waals surface area (Å²) in [6, 6.07) is 4.23. The first-order valence-electron chi connectivity index (χ1n) is 7.35. The lowest BCUT2D eigenvalue weighted by molar-refractivity contribution is -0.385. The number of carboxylic acids is 2. The zero-order valence-electron chi connectivity index (χ0n) is 13.7. The SMILES string of the molecule is COc1ccc(-c2nn(CCC(=O)O)cc2C=CC(=O)O)cc1[N+](=O)[O-]. The van der Waals surface area contributed by atoms with Gasteiger partial charge < -0.3 is 14.9 Å². The van der Waals surface area contributed by atoms with Crippen LogP contribution in [0.3, 0.4) is 0 Å². The number of methoxy groups -OCH3 is 1. The fourth-order valence-electron chi connectivity index (χ4n) is 2.25. The standard InChI is InChI=1S/C16H15N3O7/c1-26-13-4-2-10(8-12(13)19(24)25)16-11(3-5-14(20)21)9-18(17-16)7-6-15(22)23/h2-5,8-9H,6-7H2,1H3,(H,20,21)(H,22,23). The molecule has 10 nitrogen and oxygen atoms in total. The molecule has 0 fully saturated rings. The number of carbonyl (C=O) groups is 2. The average Bonchev–Trinajstić information content (AvgIpc) is 3.00. The summed E-state index contributed by atoms with van der Waals surface area (Å²) in [5.41, 5.74) is 0.783. The van der Waals surface area contributed by atoms with Gasteiger partial charge in [-0.1, -0.05) is 0 Å². The Morgan fingerprint density at radius 2 is 2.12 bits per heavy atom. The van der Waals surface area contributed by atoms with Crippen LogP contribution in [-0.2, 0) is 16.1 Å². The molecule has 0 aliphatic heterocycles. The number of ether oxygens (including phenoxy) is 1. The first kappa shape index (κ1) is 18.6. The van der Waals surface area contributed by atoms with Crippen LogP contribution in [0, 0.1) is 10.1 Å². The maximum atomic E-state index is 11.2. The van der Waals surface area contributed by atoms with Crippen molar-refractivity contribution in [2.24, 2.45) is 0 Å². The molecule has 0 unspecified atom stereocenters. The zero-order chi connectivity index (χ0) is 19.3. The Morgan fingerprint density at radius 1 is 1.38 bits per heavy atom. The second-order valence-electron chi connectivity index (χ2n) is 5.16. The van der Waals surface area contributed by atoms with Crippen LogP contribution in [0.15, 0.2) is 30.5 Å². The summed E-state index contributed by atoms with van der Waals surface area (Å²) in [5, 5.41) is 33.0. The van der Waals surface area contributed by atoms with Crippen LogP contribution in [0.4, 0.5) is 5.69 Å². The van der Waals surface area contributed by atoms with Gasteiger partial charge in [-0.05, 0) is 18.2 Å². The van der Waals surface area contributed by atoms with Crippen molar-refractivity contribution in [3.63, 3.8) is 0 Å². The highest BCUT2D eigenvalue weighted by Gasteiger charge is 2.19. The summed E-state index contributed by atoms with van der Waals surface area (Å²) in [5.74, 6) is -2.11. The number of nitrogens with zero attached hydrogens (tertiary/aromatic N) is 3. The molecule has 1 heterocycles. The van der Waals surface area contributed by atoms with Gasteiger partial charge in [0.05, 0.1) is 30.7 Å². The van der Waals surface area contributed by atoms with Gasteiger partial charge in [0.1, 0.15) is 0 Å². The van der Waals surface area contributed by atoms with E-state index in [1.54, 1.807) is 6.07 Å². The smallest absolute Gasteiger partial charge is 0.328 e. The summed E-state index contributed by atoms with van der Waals surface area (Å²) in [6.07, 6.45) is 3.50. The van der Waals surface area contributed by atoms with Gasteiger partial charge in [0, 0.05) is 29.5 Å². The largest absolute Gasteiger partial charge is 0.490 e. The van der Waals surface area contributed by atoms with Crippen molar-refractivity contribution in [1.29, 1.82) is 0 Å². The number of aliphatic carboxylic acids is 2. The number of benzene rings is 1. The molecule has 2 rings (SSSR count). The third-order valence-corrected chi connectivity index (χ3v) is 3.40. The van der Waals surface area contributed by atoms with Gasteiger partial charge in [-0.25, -0.2) is 4.79 Å². The highest BCUT2D eigenvalue weighted by molar-refractivity contribution is 5.87. The van der Waals surface area contributed by atoms with Crippen LogP contribution in [-0.4, -0.2) is 44.0 Å². The molecule has 1 aromatic heterocycles. The van der Waals surface area contributed by atoms with E-state index >= 15 is 0 Å². The van der Waals surface area contributed by atoms with Crippen molar-refractivity contribution in [3.05, 3.63) is 46.1 Å². The predicted molar refractivity (Wildman–Crippen MR) is 89.8 cm³/mol. The molecule has 0 bridgehead atoms. The number of nitro groups is 1. The molecular weight excluding hydrogens is 346 g/mol. The monoisotopic (exact) mass is 361 g/mol. The van der Waals surface area contributed by atoms with Gasteiger partial charge in [-0.15, -0.1) is 0 Å². The summed E-state index contributed by atoms with van der Waals surface area (Å²) in [7, 11) is 1.31. The minimum absolute atomic E-state index is 0.0709. The molecule has 0 saturated heterocycles. The number of aryl methyl sites for hydroxylation is 1. The summed E-state index contributed by atoms with van der Waals surface area (Å²) >= 11 is 0. The first-order valence-corrected chi connectivity index (χ1v) is 7.35. The normalized spacial score (nSPS) is 10.8. The van der Waals surface area contributed by atoms with E-state index in [0.29, 0.717) is 16.8 Å². The quantitative estimate of drug-likeness (QED) is 0.413. The Bertz CT molecular complexity index is 886. The van der Waals surface area contributed by atoms with Crippen molar-refractivity contribution in [2.75, 3.05) is 7.11 Å². The maximum Gasteiger partial charge on any atom is 0.328 e. The molecule has 0 amide bonds. The fraction of sp³-hybridized carbons (Fsp3) is 0.188. The number of rotatable bonds is 8. The Morgan fingerprint density at radius 3 is 2.69 bits per heavy atom. The van der Waals surface area contributed by atoms with Crippen molar-refractivity contribution in [3.8, 4) is 17.0 Å². The Kier molecular flexibility index (Phi) is 5.68. The molecule has 10 heteroatoms. The first-order chi connectivity index (χ1) is 12.3. The molecule has 26 heavy (non-hydrogen) atoms. The van der Waals surface area contributed by atoms with E-state index < -0.39 is 16.9 Å². The van der Waals surface area contributed by atoms with Crippen molar-refractivity contribution in [1.82, 2.24) is 9.78 Å². The summed E-state index contributed by atoms with van der Waals surface area (Å²) < 4.78 is 6.30. The fourth-order valence-corrected chi connectivity index (χ4v) is 2.25. The van der Waals surface area contributed by atoms with Gasteiger partial charge in [-0.2, -0.15) is 5.10 Å². The lowest BCUT2D eigenvalue weighted by atomic mass is 10.1. The molecule has 2 aromatic rings. The second-order valence-corrected chi connectivity index (χ2v) is 5.16. The average molecular weight is 361 g/mol. The number of hydrogen-bond acceptors (Lipinski definition) is 6. The van der Waals surface area contributed by atoms with Crippen LogP contribution in [0.2, 0.25) is 0 Å². The van der Waals surface area contributed by atoms with Gasteiger partial charge in [0.2, 0.25) is 0 Å². The van der Waals surface area contributed by atoms with Gasteiger partial charge in [0.15, 0.2) is 5.75 Å². The highest BCUT2D eigenvalue weighted by Crippen LogP contribution is 2.33. The number of hydrogen-bond donors (Lipinski definition) is 2. The minimum atomic E-state index is -1.17. The molecule has 0 radical (unpaired) electrons. The second kappa shape index (κ2) is 7.92. The molecule has 136 valence electrons. The Labute approximate surface area is 147 Å². The molecule has 0 atom stereocenters. The van der Waals surface area contributed by atoms with Crippen LogP contribution >= 0.6 is 0 Å². The number of carboxylic acid groups (broad SMARTS) is 2. The van der Waals surface area contributed by atoms with E-state index in [2.05, 4.69) is 5.10 Å². The summed E-state index contributed by atoms with van der Waals surface area (Å²) in [4.78, 5) is 32.1. The van der Waals surface area contributed by atoms with E-state index in [1.165, 1.54) is 36.2 Å². The molecule has 0 spiro atoms. The van der Waals surface area contributed by atoms with E-state index in [0.717, 1.165) is 6.08 Å².